The van der Waals surface area contributed by atoms with Crippen LogP contribution in [0.25, 0.3) is 0 Å². The molecule has 0 aliphatic carbocycles. The van der Waals surface area contributed by atoms with E-state index < -0.39 is 0 Å². The fourth-order valence-corrected chi connectivity index (χ4v) is 2.24. The van der Waals surface area contributed by atoms with Gasteiger partial charge >= 0.3 is 0 Å². The molecule has 0 heterocycles. The molecule has 1 nitrogen and oxygen atoms in total. The van der Waals surface area contributed by atoms with Crippen molar-refractivity contribution in [3.05, 3.63) is 34.9 Å². The van der Waals surface area contributed by atoms with Crippen molar-refractivity contribution < 1.29 is 0 Å². The second kappa shape index (κ2) is 6.33. The zero-order chi connectivity index (χ0) is 10.4. The molecule has 1 aromatic carbocycles. The van der Waals surface area contributed by atoms with Crippen LogP contribution in [-0.4, -0.2) is 11.8 Å². The van der Waals surface area contributed by atoms with Crippen LogP contribution in [0.2, 0.25) is 5.02 Å². The first-order valence-corrected chi connectivity index (χ1v) is 6.33. The highest BCUT2D eigenvalue weighted by atomic mass is 35.5. The summed E-state index contributed by atoms with van der Waals surface area (Å²) in [7, 11) is 0. The van der Waals surface area contributed by atoms with Crippen molar-refractivity contribution >= 4 is 23.4 Å². The van der Waals surface area contributed by atoms with Gasteiger partial charge in [0, 0.05) is 22.6 Å². The lowest BCUT2D eigenvalue weighted by Gasteiger charge is -2.07. The van der Waals surface area contributed by atoms with E-state index in [-0.39, 0.29) is 0 Å². The third kappa shape index (κ3) is 4.36. The minimum atomic E-state index is 0.326. The summed E-state index contributed by atoms with van der Waals surface area (Å²) >= 11 is 7.67. The molecule has 1 aromatic rings. The van der Waals surface area contributed by atoms with E-state index in [1.165, 1.54) is 5.56 Å². The van der Waals surface area contributed by atoms with Crippen LogP contribution >= 0.6 is 23.4 Å². The van der Waals surface area contributed by atoms with Crippen LogP contribution < -0.4 is 5.73 Å². The Morgan fingerprint density at radius 1 is 1.36 bits per heavy atom. The number of hydrogen-bond donors (Lipinski definition) is 1. The molecule has 0 radical (unpaired) electrons. The Kier molecular flexibility index (Phi) is 5.38. The fraction of sp³-hybridized carbons (Fsp3) is 0.455. The second-order valence-corrected chi connectivity index (χ2v) is 4.78. The molecule has 0 saturated carbocycles. The van der Waals surface area contributed by atoms with E-state index in [1.807, 2.05) is 23.9 Å². The van der Waals surface area contributed by atoms with Crippen molar-refractivity contribution in [3.63, 3.8) is 0 Å². The summed E-state index contributed by atoms with van der Waals surface area (Å²) in [4.78, 5) is 0. The average molecular weight is 230 g/mol. The SMILES string of the molecule is CCC(N)CSCc1ccc(Cl)cc1. The average Bonchev–Trinajstić information content (AvgIpc) is 2.21. The van der Waals surface area contributed by atoms with Gasteiger partial charge in [0.2, 0.25) is 0 Å². The third-order valence-electron chi connectivity index (χ3n) is 2.04. The van der Waals surface area contributed by atoms with Crippen LogP contribution in [-0.2, 0) is 5.75 Å². The maximum absolute atomic E-state index is 5.82. The Balaban J connectivity index is 2.28. The van der Waals surface area contributed by atoms with Gasteiger partial charge in [-0.1, -0.05) is 30.7 Å². The molecule has 1 rings (SSSR count). The minimum Gasteiger partial charge on any atom is -0.327 e. The molecule has 1 unspecified atom stereocenters. The number of hydrogen-bond acceptors (Lipinski definition) is 2. The molecule has 0 saturated heterocycles. The van der Waals surface area contributed by atoms with Gasteiger partial charge in [0.05, 0.1) is 0 Å². The summed E-state index contributed by atoms with van der Waals surface area (Å²) in [5.74, 6) is 2.05. The van der Waals surface area contributed by atoms with Crippen molar-refractivity contribution in [1.82, 2.24) is 0 Å². The first-order chi connectivity index (χ1) is 6.72. The normalized spacial score (nSPS) is 12.8. The number of rotatable bonds is 5. The summed E-state index contributed by atoms with van der Waals surface area (Å²) in [5.41, 5.74) is 7.13. The topological polar surface area (TPSA) is 26.0 Å². The van der Waals surface area contributed by atoms with Gasteiger partial charge in [0.1, 0.15) is 0 Å². The summed E-state index contributed by atoms with van der Waals surface area (Å²) < 4.78 is 0. The van der Waals surface area contributed by atoms with E-state index in [2.05, 4.69) is 19.1 Å². The van der Waals surface area contributed by atoms with Crippen LogP contribution in [0.1, 0.15) is 18.9 Å². The standard InChI is InChI=1S/C11H16ClNS/c1-2-11(13)8-14-7-9-3-5-10(12)6-4-9/h3-6,11H,2,7-8,13H2,1H3. The molecule has 14 heavy (non-hydrogen) atoms. The highest BCUT2D eigenvalue weighted by Gasteiger charge is 1.99. The largest absolute Gasteiger partial charge is 0.327 e. The van der Waals surface area contributed by atoms with Gasteiger partial charge in [-0.3, -0.25) is 0 Å². The fourth-order valence-electron chi connectivity index (χ4n) is 1.03. The molecule has 78 valence electrons. The molecule has 0 aliphatic rings. The third-order valence-corrected chi connectivity index (χ3v) is 3.49. The first-order valence-electron chi connectivity index (χ1n) is 4.80. The summed E-state index contributed by atoms with van der Waals surface area (Å²) in [6, 6.07) is 8.31. The molecule has 0 spiro atoms. The van der Waals surface area contributed by atoms with Crippen molar-refractivity contribution in [2.45, 2.75) is 25.1 Å². The van der Waals surface area contributed by atoms with Crippen LogP contribution in [0.4, 0.5) is 0 Å². The molecule has 0 fully saturated rings. The lowest BCUT2D eigenvalue weighted by atomic mass is 10.2. The quantitative estimate of drug-likeness (QED) is 0.839. The van der Waals surface area contributed by atoms with Crippen molar-refractivity contribution in [1.29, 1.82) is 0 Å². The molecule has 1 atom stereocenters. The zero-order valence-corrected chi connectivity index (χ0v) is 9.94. The number of halogens is 1. The van der Waals surface area contributed by atoms with E-state index in [1.54, 1.807) is 0 Å². The maximum Gasteiger partial charge on any atom is 0.0406 e. The Morgan fingerprint density at radius 2 is 2.00 bits per heavy atom. The molecule has 0 amide bonds. The number of thioether (sulfide) groups is 1. The van der Waals surface area contributed by atoms with Crippen LogP contribution in [0, 0.1) is 0 Å². The smallest absolute Gasteiger partial charge is 0.0406 e. The predicted molar refractivity (Wildman–Crippen MR) is 65.9 cm³/mol. The molecule has 0 bridgehead atoms. The zero-order valence-electron chi connectivity index (χ0n) is 8.37. The number of benzene rings is 1. The summed E-state index contributed by atoms with van der Waals surface area (Å²) in [5, 5.41) is 0.795. The lowest BCUT2D eigenvalue weighted by Crippen LogP contribution is -2.21. The number of nitrogens with two attached hydrogens (primary N) is 1. The van der Waals surface area contributed by atoms with E-state index in [0.29, 0.717) is 6.04 Å². The van der Waals surface area contributed by atoms with Crippen LogP contribution in [0.15, 0.2) is 24.3 Å². The predicted octanol–water partition coefficient (Wildman–Crippen LogP) is 3.31. The summed E-state index contributed by atoms with van der Waals surface area (Å²) in [6.07, 6.45) is 1.05. The van der Waals surface area contributed by atoms with Gasteiger partial charge in [0.15, 0.2) is 0 Å². The molecule has 0 aromatic heterocycles. The molecular weight excluding hydrogens is 214 g/mol. The molecular formula is C11H16ClNS. The first kappa shape index (κ1) is 11.9. The van der Waals surface area contributed by atoms with Crippen LogP contribution in [0.5, 0.6) is 0 Å². The molecule has 2 N–H and O–H groups in total. The van der Waals surface area contributed by atoms with Gasteiger partial charge in [0.25, 0.3) is 0 Å². The lowest BCUT2D eigenvalue weighted by molar-refractivity contribution is 0.725. The highest BCUT2D eigenvalue weighted by molar-refractivity contribution is 7.98. The Bertz CT molecular complexity index is 260. The van der Waals surface area contributed by atoms with Gasteiger partial charge in [-0.2, -0.15) is 11.8 Å². The van der Waals surface area contributed by atoms with Gasteiger partial charge < -0.3 is 5.73 Å². The van der Waals surface area contributed by atoms with Gasteiger partial charge in [-0.15, -0.1) is 0 Å². The van der Waals surface area contributed by atoms with Crippen molar-refractivity contribution in [2.24, 2.45) is 5.73 Å². The van der Waals surface area contributed by atoms with E-state index in [0.717, 1.165) is 22.9 Å². The maximum atomic E-state index is 5.82. The van der Waals surface area contributed by atoms with E-state index >= 15 is 0 Å². The summed E-state index contributed by atoms with van der Waals surface area (Å²) in [6.45, 7) is 2.12. The van der Waals surface area contributed by atoms with Crippen molar-refractivity contribution in [2.75, 3.05) is 5.75 Å². The second-order valence-electron chi connectivity index (χ2n) is 3.31. The Hall–Kier alpha value is -0.180. The van der Waals surface area contributed by atoms with Crippen molar-refractivity contribution in [3.8, 4) is 0 Å². The van der Waals surface area contributed by atoms with Gasteiger partial charge in [-0.05, 0) is 24.1 Å². The van der Waals surface area contributed by atoms with Gasteiger partial charge in [-0.25, -0.2) is 0 Å². The van der Waals surface area contributed by atoms with Crippen LogP contribution in [0.3, 0.4) is 0 Å². The Morgan fingerprint density at radius 3 is 2.57 bits per heavy atom. The molecule has 0 aliphatic heterocycles. The van der Waals surface area contributed by atoms with E-state index in [9.17, 15) is 0 Å². The monoisotopic (exact) mass is 229 g/mol. The highest BCUT2D eigenvalue weighted by Crippen LogP contribution is 2.16. The minimum absolute atomic E-state index is 0.326. The molecule has 3 heteroatoms. The Labute approximate surface area is 95.0 Å². The van der Waals surface area contributed by atoms with E-state index in [4.69, 9.17) is 17.3 Å².